The lowest BCUT2D eigenvalue weighted by Gasteiger charge is -2.35. The average Bonchev–Trinajstić information content (AvgIpc) is 2.45. The first-order valence-corrected chi connectivity index (χ1v) is 8.58. The van der Waals surface area contributed by atoms with Crippen LogP contribution in [0.15, 0.2) is 28.7 Å². The van der Waals surface area contributed by atoms with Crippen molar-refractivity contribution in [2.24, 2.45) is 5.92 Å². The Hall–Kier alpha value is -0.870. The summed E-state index contributed by atoms with van der Waals surface area (Å²) in [7, 11) is 0. The monoisotopic (exact) mass is 352 g/mol. The standard InChI is InChI=1S/C17H25BrN2O/c1-14(2)13-19-8-10-20(11-9-19)17(21)7-6-15-4-3-5-16(18)12-15/h3-5,12,14H,6-11,13H2,1-2H3. The van der Waals surface area contributed by atoms with Gasteiger partial charge in [0.05, 0.1) is 0 Å². The Labute approximate surface area is 136 Å². The van der Waals surface area contributed by atoms with Crippen LogP contribution in [0, 0.1) is 5.92 Å². The highest BCUT2D eigenvalue weighted by molar-refractivity contribution is 9.10. The van der Waals surface area contributed by atoms with Crippen LogP contribution in [0.5, 0.6) is 0 Å². The molecule has 0 radical (unpaired) electrons. The van der Waals surface area contributed by atoms with Crippen molar-refractivity contribution >= 4 is 21.8 Å². The van der Waals surface area contributed by atoms with E-state index in [2.05, 4.69) is 46.8 Å². The summed E-state index contributed by atoms with van der Waals surface area (Å²) in [6, 6.07) is 8.21. The molecular weight excluding hydrogens is 328 g/mol. The second-order valence-electron chi connectivity index (χ2n) is 6.21. The van der Waals surface area contributed by atoms with Crippen LogP contribution in [0.2, 0.25) is 0 Å². The van der Waals surface area contributed by atoms with E-state index in [1.165, 1.54) is 5.56 Å². The predicted octanol–water partition coefficient (Wildman–Crippen LogP) is 3.18. The molecule has 0 unspecified atom stereocenters. The summed E-state index contributed by atoms with van der Waals surface area (Å²) in [6.07, 6.45) is 1.44. The van der Waals surface area contributed by atoms with E-state index in [0.717, 1.165) is 43.6 Å². The third-order valence-corrected chi connectivity index (χ3v) is 4.36. The van der Waals surface area contributed by atoms with Gasteiger partial charge in [-0.2, -0.15) is 0 Å². The van der Waals surface area contributed by atoms with Crippen molar-refractivity contribution in [3.63, 3.8) is 0 Å². The van der Waals surface area contributed by atoms with Gasteiger partial charge in [-0.1, -0.05) is 41.9 Å². The summed E-state index contributed by atoms with van der Waals surface area (Å²) in [4.78, 5) is 16.8. The van der Waals surface area contributed by atoms with Crippen molar-refractivity contribution in [1.82, 2.24) is 9.80 Å². The molecule has 0 atom stereocenters. The topological polar surface area (TPSA) is 23.6 Å². The molecule has 1 fully saturated rings. The number of carbonyl (C=O) groups excluding carboxylic acids is 1. The van der Waals surface area contributed by atoms with Crippen molar-refractivity contribution < 1.29 is 4.79 Å². The molecule has 0 aromatic heterocycles. The molecule has 1 aromatic rings. The van der Waals surface area contributed by atoms with Crippen molar-refractivity contribution in [2.75, 3.05) is 32.7 Å². The molecule has 1 heterocycles. The second-order valence-corrected chi connectivity index (χ2v) is 7.12. The van der Waals surface area contributed by atoms with Crippen LogP contribution in [0.4, 0.5) is 0 Å². The first-order chi connectivity index (χ1) is 10.0. The average molecular weight is 353 g/mol. The lowest BCUT2D eigenvalue weighted by atomic mass is 10.1. The molecular formula is C17H25BrN2O. The van der Waals surface area contributed by atoms with Crippen molar-refractivity contribution in [3.05, 3.63) is 34.3 Å². The Morgan fingerprint density at radius 1 is 1.24 bits per heavy atom. The lowest BCUT2D eigenvalue weighted by molar-refractivity contribution is -0.132. The maximum atomic E-state index is 12.3. The van der Waals surface area contributed by atoms with Gasteiger partial charge in [0.25, 0.3) is 0 Å². The zero-order chi connectivity index (χ0) is 15.2. The zero-order valence-electron chi connectivity index (χ0n) is 13.0. The number of amides is 1. The summed E-state index contributed by atoms with van der Waals surface area (Å²) in [6.45, 7) is 9.42. The normalized spacial score (nSPS) is 16.5. The maximum absolute atomic E-state index is 12.3. The lowest BCUT2D eigenvalue weighted by Crippen LogP contribution is -2.49. The Morgan fingerprint density at radius 3 is 2.57 bits per heavy atom. The van der Waals surface area contributed by atoms with E-state index in [1.807, 2.05) is 17.0 Å². The quantitative estimate of drug-likeness (QED) is 0.812. The summed E-state index contributed by atoms with van der Waals surface area (Å²) in [5, 5.41) is 0. The molecule has 0 bridgehead atoms. The molecule has 21 heavy (non-hydrogen) atoms. The van der Waals surface area contributed by atoms with Gasteiger partial charge in [0.2, 0.25) is 5.91 Å². The van der Waals surface area contributed by atoms with Gasteiger partial charge in [0.15, 0.2) is 0 Å². The van der Waals surface area contributed by atoms with E-state index in [-0.39, 0.29) is 0 Å². The minimum Gasteiger partial charge on any atom is -0.340 e. The molecule has 116 valence electrons. The number of benzene rings is 1. The minimum absolute atomic E-state index is 0.291. The molecule has 1 aliphatic heterocycles. The van der Waals surface area contributed by atoms with Crippen LogP contribution >= 0.6 is 15.9 Å². The highest BCUT2D eigenvalue weighted by Gasteiger charge is 2.20. The number of rotatable bonds is 5. The molecule has 0 aliphatic carbocycles. The highest BCUT2D eigenvalue weighted by Crippen LogP contribution is 2.14. The van der Waals surface area contributed by atoms with Crippen LogP contribution in [0.25, 0.3) is 0 Å². The third kappa shape index (κ3) is 5.44. The number of aryl methyl sites for hydroxylation is 1. The van der Waals surface area contributed by atoms with Gasteiger partial charge < -0.3 is 4.90 Å². The van der Waals surface area contributed by atoms with Crippen LogP contribution in [0.1, 0.15) is 25.8 Å². The number of hydrogen-bond donors (Lipinski definition) is 0. The summed E-state index contributed by atoms with van der Waals surface area (Å²) < 4.78 is 1.08. The van der Waals surface area contributed by atoms with Gasteiger partial charge in [-0.25, -0.2) is 0 Å². The molecule has 0 N–H and O–H groups in total. The highest BCUT2D eigenvalue weighted by atomic mass is 79.9. The maximum Gasteiger partial charge on any atom is 0.222 e. The second kappa shape index (κ2) is 7.95. The number of carbonyl (C=O) groups is 1. The Bertz CT molecular complexity index is 468. The van der Waals surface area contributed by atoms with Gasteiger partial charge in [-0.05, 0) is 30.0 Å². The van der Waals surface area contributed by atoms with Gasteiger partial charge >= 0.3 is 0 Å². The fraction of sp³-hybridized carbons (Fsp3) is 0.588. The Morgan fingerprint density at radius 2 is 1.95 bits per heavy atom. The fourth-order valence-corrected chi connectivity index (χ4v) is 3.24. The van der Waals surface area contributed by atoms with E-state index in [0.29, 0.717) is 18.2 Å². The smallest absolute Gasteiger partial charge is 0.222 e. The van der Waals surface area contributed by atoms with Gasteiger partial charge in [-0.15, -0.1) is 0 Å². The van der Waals surface area contributed by atoms with Crippen LogP contribution in [-0.4, -0.2) is 48.4 Å². The van der Waals surface area contributed by atoms with Crippen molar-refractivity contribution in [2.45, 2.75) is 26.7 Å². The Balaban J connectivity index is 1.75. The first-order valence-electron chi connectivity index (χ1n) is 7.79. The van der Waals surface area contributed by atoms with Crippen LogP contribution < -0.4 is 0 Å². The molecule has 0 spiro atoms. The van der Waals surface area contributed by atoms with E-state index in [4.69, 9.17) is 0 Å². The van der Waals surface area contributed by atoms with E-state index in [1.54, 1.807) is 0 Å². The SMILES string of the molecule is CC(C)CN1CCN(C(=O)CCc2cccc(Br)c2)CC1. The summed E-state index contributed by atoms with van der Waals surface area (Å²) in [5.41, 5.74) is 1.22. The van der Waals surface area contributed by atoms with Crippen LogP contribution in [0.3, 0.4) is 0 Å². The van der Waals surface area contributed by atoms with E-state index in [9.17, 15) is 4.79 Å². The van der Waals surface area contributed by atoms with Gasteiger partial charge in [-0.3, -0.25) is 9.69 Å². The largest absolute Gasteiger partial charge is 0.340 e. The molecule has 2 rings (SSSR count). The summed E-state index contributed by atoms with van der Waals surface area (Å²) >= 11 is 3.47. The number of hydrogen-bond acceptors (Lipinski definition) is 2. The van der Waals surface area contributed by atoms with Crippen molar-refractivity contribution in [1.29, 1.82) is 0 Å². The number of piperazine rings is 1. The number of halogens is 1. The van der Waals surface area contributed by atoms with E-state index < -0.39 is 0 Å². The molecule has 1 amide bonds. The molecule has 1 aliphatic rings. The van der Waals surface area contributed by atoms with E-state index >= 15 is 0 Å². The molecule has 3 nitrogen and oxygen atoms in total. The Kier molecular flexibility index (Phi) is 6.24. The number of nitrogens with zero attached hydrogens (tertiary/aromatic N) is 2. The first kappa shape index (κ1) is 16.5. The predicted molar refractivity (Wildman–Crippen MR) is 90.3 cm³/mol. The summed E-state index contributed by atoms with van der Waals surface area (Å²) in [5.74, 6) is 0.989. The molecule has 1 aromatic carbocycles. The molecule has 1 saturated heterocycles. The van der Waals surface area contributed by atoms with Gasteiger partial charge in [0, 0.05) is 43.6 Å². The van der Waals surface area contributed by atoms with Crippen LogP contribution in [-0.2, 0) is 11.2 Å². The minimum atomic E-state index is 0.291. The molecule has 0 saturated carbocycles. The fourth-order valence-electron chi connectivity index (χ4n) is 2.80. The molecule has 4 heteroatoms. The van der Waals surface area contributed by atoms with Crippen molar-refractivity contribution in [3.8, 4) is 0 Å². The van der Waals surface area contributed by atoms with Gasteiger partial charge in [0.1, 0.15) is 0 Å². The third-order valence-electron chi connectivity index (χ3n) is 3.86. The zero-order valence-corrected chi connectivity index (χ0v) is 14.6.